The Labute approximate surface area is 119 Å². The molecule has 2 heterocycles. The average molecular weight is 294 g/mol. The fraction of sp³-hybridized carbons (Fsp3) is 0.0769. The van der Waals surface area contributed by atoms with Crippen LogP contribution in [0.15, 0.2) is 43.0 Å². The largest absolute Gasteiger partial charge is 0.383 e. The monoisotopic (exact) mass is 293 g/mol. The van der Waals surface area contributed by atoms with Crippen LogP contribution in [0.4, 0.5) is 0 Å². The van der Waals surface area contributed by atoms with Crippen molar-refractivity contribution in [3.63, 3.8) is 0 Å². The molecule has 3 aromatic rings. The van der Waals surface area contributed by atoms with Crippen molar-refractivity contribution in [2.75, 3.05) is 0 Å². The van der Waals surface area contributed by atoms with E-state index >= 15 is 0 Å². The van der Waals surface area contributed by atoms with E-state index in [1.165, 1.54) is 0 Å². The summed E-state index contributed by atoms with van der Waals surface area (Å²) in [6, 6.07) is 5.16. The zero-order valence-electron chi connectivity index (χ0n) is 9.66. The number of hydrogen-bond donors (Lipinski definition) is 1. The fourth-order valence-corrected chi connectivity index (χ4v) is 2.37. The first kappa shape index (κ1) is 12.4. The third-order valence-electron chi connectivity index (χ3n) is 2.93. The Bertz CT molecular complexity index is 742. The standard InChI is InChI=1S/C13H9Cl2N3O/c14-10-3-1-2-8(12(10)15)13(19)9-6-17-18-5-4-16-7-11(9)18/h1-7,13,19H. The maximum Gasteiger partial charge on any atom is 0.109 e. The van der Waals surface area contributed by atoms with E-state index in [0.29, 0.717) is 21.2 Å². The molecule has 4 nitrogen and oxygen atoms in total. The summed E-state index contributed by atoms with van der Waals surface area (Å²) in [7, 11) is 0. The number of benzene rings is 1. The number of rotatable bonds is 2. The summed E-state index contributed by atoms with van der Waals surface area (Å²) < 4.78 is 1.64. The number of aliphatic hydroxyl groups is 1. The van der Waals surface area contributed by atoms with Crippen LogP contribution >= 0.6 is 23.2 Å². The second kappa shape index (κ2) is 4.81. The molecule has 0 saturated carbocycles. The zero-order valence-corrected chi connectivity index (χ0v) is 11.2. The number of aromatic nitrogens is 3. The number of halogens is 2. The third-order valence-corrected chi connectivity index (χ3v) is 3.76. The molecule has 2 aromatic heterocycles. The van der Waals surface area contributed by atoms with Gasteiger partial charge < -0.3 is 5.11 Å². The molecular formula is C13H9Cl2N3O. The van der Waals surface area contributed by atoms with Crippen molar-refractivity contribution in [1.29, 1.82) is 0 Å². The highest BCUT2D eigenvalue weighted by Crippen LogP contribution is 2.34. The Morgan fingerprint density at radius 3 is 2.84 bits per heavy atom. The van der Waals surface area contributed by atoms with E-state index in [2.05, 4.69) is 10.1 Å². The van der Waals surface area contributed by atoms with Crippen LogP contribution in [0.5, 0.6) is 0 Å². The lowest BCUT2D eigenvalue weighted by Crippen LogP contribution is -2.00. The fourth-order valence-electron chi connectivity index (χ4n) is 1.96. The van der Waals surface area contributed by atoms with E-state index in [9.17, 15) is 5.11 Å². The molecule has 0 spiro atoms. The first-order chi connectivity index (χ1) is 9.18. The summed E-state index contributed by atoms with van der Waals surface area (Å²) in [5.74, 6) is 0. The Kier molecular flexibility index (Phi) is 3.14. The predicted octanol–water partition coefficient (Wildman–Crippen LogP) is 3.12. The first-order valence-corrected chi connectivity index (χ1v) is 6.33. The van der Waals surface area contributed by atoms with Crippen molar-refractivity contribution in [3.8, 4) is 0 Å². The van der Waals surface area contributed by atoms with Gasteiger partial charge in [-0.1, -0.05) is 35.3 Å². The summed E-state index contributed by atoms with van der Waals surface area (Å²) >= 11 is 12.1. The van der Waals surface area contributed by atoms with E-state index < -0.39 is 6.10 Å². The van der Waals surface area contributed by atoms with Crippen molar-refractivity contribution in [1.82, 2.24) is 14.6 Å². The molecule has 96 valence electrons. The molecule has 0 radical (unpaired) electrons. The first-order valence-electron chi connectivity index (χ1n) is 5.57. The molecule has 6 heteroatoms. The van der Waals surface area contributed by atoms with E-state index in [1.807, 2.05) is 0 Å². The molecule has 0 saturated heterocycles. The summed E-state index contributed by atoms with van der Waals surface area (Å²) in [6.07, 6.45) is 5.68. The van der Waals surface area contributed by atoms with Gasteiger partial charge in [-0.3, -0.25) is 4.98 Å². The van der Waals surface area contributed by atoms with Crippen LogP contribution in [-0.4, -0.2) is 19.7 Å². The minimum Gasteiger partial charge on any atom is -0.383 e. The highest BCUT2D eigenvalue weighted by molar-refractivity contribution is 6.42. The van der Waals surface area contributed by atoms with Crippen LogP contribution < -0.4 is 0 Å². The Hall–Kier alpha value is -1.62. The zero-order chi connectivity index (χ0) is 13.4. The van der Waals surface area contributed by atoms with E-state index in [-0.39, 0.29) is 0 Å². The molecule has 0 amide bonds. The molecule has 3 rings (SSSR count). The van der Waals surface area contributed by atoms with Gasteiger partial charge in [0.15, 0.2) is 0 Å². The normalized spacial score (nSPS) is 12.8. The molecule has 0 aliphatic rings. The molecule has 0 bridgehead atoms. The van der Waals surface area contributed by atoms with Crippen molar-refractivity contribution in [2.24, 2.45) is 0 Å². The van der Waals surface area contributed by atoms with Crippen molar-refractivity contribution >= 4 is 28.7 Å². The van der Waals surface area contributed by atoms with Gasteiger partial charge in [-0.2, -0.15) is 5.10 Å². The number of nitrogens with zero attached hydrogens (tertiary/aromatic N) is 3. The maximum atomic E-state index is 10.5. The van der Waals surface area contributed by atoms with Gasteiger partial charge in [0.25, 0.3) is 0 Å². The second-order valence-electron chi connectivity index (χ2n) is 4.05. The summed E-state index contributed by atoms with van der Waals surface area (Å²) in [5, 5.41) is 15.4. The van der Waals surface area contributed by atoms with Crippen molar-refractivity contribution in [3.05, 3.63) is 64.2 Å². The average Bonchev–Trinajstić information content (AvgIpc) is 2.85. The third kappa shape index (κ3) is 2.08. The van der Waals surface area contributed by atoms with E-state index in [0.717, 1.165) is 5.52 Å². The van der Waals surface area contributed by atoms with Gasteiger partial charge in [0.05, 0.1) is 28.0 Å². The lowest BCUT2D eigenvalue weighted by Gasteiger charge is -2.12. The quantitative estimate of drug-likeness (QED) is 0.790. The minimum atomic E-state index is -0.895. The molecule has 1 atom stereocenters. The molecule has 1 N–H and O–H groups in total. The minimum absolute atomic E-state index is 0.347. The summed E-state index contributed by atoms with van der Waals surface area (Å²) in [5.41, 5.74) is 1.91. The summed E-state index contributed by atoms with van der Waals surface area (Å²) in [6.45, 7) is 0. The highest BCUT2D eigenvalue weighted by atomic mass is 35.5. The van der Waals surface area contributed by atoms with Gasteiger partial charge in [-0.15, -0.1) is 0 Å². The second-order valence-corrected chi connectivity index (χ2v) is 4.84. The number of aliphatic hydroxyl groups excluding tert-OH is 1. The Morgan fingerprint density at radius 1 is 1.16 bits per heavy atom. The molecule has 1 aromatic carbocycles. The van der Waals surface area contributed by atoms with Crippen LogP contribution in [0.2, 0.25) is 10.0 Å². The number of fused-ring (bicyclic) bond motifs is 1. The molecule has 0 aliphatic heterocycles. The van der Waals surface area contributed by atoms with Gasteiger partial charge >= 0.3 is 0 Å². The van der Waals surface area contributed by atoms with Crippen molar-refractivity contribution < 1.29 is 5.11 Å². The SMILES string of the molecule is OC(c1cccc(Cl)c1Cl)c1cnn2ccncc12. The van der Waals surface area contributed by atoms with Crippen LogP contribution in [0.1, 0.15) is 17.2 Å². The molecule has 1 unspecified atom stereocenters. The molecule has 19 heavy (non-hydrogen) atoms. The predicted molar refractivity (Wildman–Crippen MR) is 73.5 cm³/mol. The summed E-state index contributed by atoms with van der Waals surface area (Å²) in [4.78, 5) is 4.03. The molecule has 0 aliphatic carbocycles. The van der Waals surface area contributed by atoms with Gasteiger partial charge in [0.2, 0.25) is 0 Å². The topological polar surface area (TPSA) is 50.4 Å². The number of hydrogen-bond acceptors (Lipinski definition) is 3. The maximum absolute atomic E-state index is 10.5. The van der Waals surface area contributed by atoms with Crippen LogP contribution in [0.3, 0.4) is 0 Å². The van der Waals surface area contributed by atoms with E-state index in [1.54, 1.807) is 47.5 Å². The molecule has 0 fully saturated rings. The Balaban J connectivity index is 2.13. The van der Waals surface area contributed by atoms with Gasteiger partial charge in [-0.25, -0.2) is 4.52 Å². The van der Waals surface area contributed by atoms with Crippen LogP contribution in [-0.2, 0) is 0 Å². The van der Waals surface area contributed by atoms with Crippen LogP contribution in [0, 0.1) is 0 Å². The highest BCUT2D eigenvalue weighted by Gasteiger charge is 2.19. The van der Waals surface area contributed by atoms with Gasteiger partial charge in [0, 0.05) is 23.5 Å². The van der Waals surface area contributed by atoms with E-state index in [4.69, 9.17) is 23.2 Å². The smallest absolute Gasteiger partial charge is 0.109 e. The Morgan fingerprint density at radius 2 is 2.00 bits per heavy atom. The van der Waals surface area contributed by atoms with Crippen molar-refractivity contribution in [2.45, 2.75) is 6.10 Å². The van der Waals surface area contributed by atoms with Gasteiger partial charge in [-0.05, 0) is 6.07 Å². The lowest BCUT2D eigenvalue weighted by molar-refractivity contribution is 0.222. The lowest BCUT2D eigenvalue weighted by atomic mass is 10.0. The molecular weight excluding hydrogens is 285 g/mol. The van der Waals surface area contributed by atoms with Crippen LogP contribution in [0.25, 0.3) is 5.52 Å². The van der Waals surface area contributed by atoms with Gasteiger partial charge in [0.1, 0.15) is 6.10 Å².